The molecule has 5 heteroatoms. The minimum Gasteiger partial charge on any atom is -0.478 e. The molecule has 27 heavy (non-hydrogen) atoms. The fourth-order valence-electron chi connectivity index (χ4n) is 4.12. The highest BCUT2D eigenvalue weighted by Crippen LogP contribution is 2.40. The second kappa shape index (κ2) is 7.53. The van der Waals surface area contributed by atoms with E-state index in [4.69, 9.17) is 9.84 Å². The van der Waals surface area contributed by atoms with Crippen LogP contribution in [0.15, 0.2) is 54.6 Å². The first-order valence-corrected chi connectivity index (χ1v) is 9.40. The molecule has 0 spiro atoms. The molecule has 1 N–H and O–H groups in total. The van der Waals surface area contributed by atoms with Gasteiger partial charge in [0, 0.05) is 13.1 Å². The Kier molecular flexibility index (Phi) is 4.94. The lowest BCUT2D eigenvalue weighted by Crippen LogP contribution is -2.39. The van der Waals surface area contributed by atoms with E-state index in [1.54, 1.807) is 24.3 Å². The molecule has 0 aliphatic carbocycles. The number of carboxylic acid groups (broad SMARTS) is 1. The summed E-state index contributed by atoms with van der Waals surface area (Å²) >= 11 is 0. The molecule has 2 saturated heterocycles. The van der Waals surface area contributed by atoms with E-state index in [9.17, 15) is 9.59 Å². The third kappa shape index (κ3) is 3.88. The fourth-order valence-corrected chi connectivity index (χ4v) is 4.12. The number of fused-ring (bicyclic) bond motifs is 2. The predicted octanol–water partition coefficient (Wildman–Crippen LogP) is 3.48. The van der Waals surface area contributed by atoms with Crippen LogP contribution in [0.2, 0.25) is 0 Å². The van der Waals surface area contributed by atoms with Crippen molar-refractivity contribution >= 4 is 11.9 Å². The number of carboxylic acids is 1. The molecule has 140 valence electrons. The second-order valence-corrected chi connectivity index (χ2v) is 7.40. The van der Waals surface area contributed by atoms with Gasteiger partial charge in [-0.1, -0.05) is 42.5 Å². The van der Waals surface area contributed by atoms with Crippen molar-refractivity contribution in [2.45, 2.75) is 44.6 Å². The van der Waals surface area contributed by atoms with E-state index in [2.05, 4.69) is 0 Å². The first kappa shape index (κ1) is 17.7. The van der Waals surface area contributed by atoms with E-state index >= 15 is 0 Å². The van der Waals surface area contributed by atoms with Crippen LogP contribution in [0.1, 0.15) is 40.7 Å². The first-order valence-electron chi connectivity index (χ1n) is 9.40. The molecule has 5 nitrogen and oxygen atoms in total. The highest BCUT2D eigenvalue weighted by molar-refractivity contribution is 5.87. The van der Waals surface area contributed by atoms with Crippen LogP contribution < -0.4 is 0 Å². The summed E-state index contributed by atoms with van der Waals surface area (Å²) < 4.78 is 5.89. The number of aromatic carboxylic acids is 1. The van der Waals surface area contributed by atoms with Crippen LogP contribution in [0.25, 0.3) is 0 Å². The van der Waals surface area contributed by atoms with E-state index in [0.29, 0.717) is 13.1 Å². The molecule has 0 saturated carbocycles. The number of carbonyl (C=O) groups excluding carboxylic acids is 1. The van der Waals surface area contributed by atoms with Crippen LogP contribution in [0.5, 0.6) is 0 Å². The molecule has 0 aromatic heterocycles. The topological polar surface area (TPSA) is 66.8 Å². The number of rotatable bonds is 6. The minimum absolute atomic E-state index is 0.0511. The molecule has 2 bridgehead atoms. The quantitative estimate of drug-likeness (QED) is 0.851. The zero-order valence-corrected chi connectivity index (χ0v) is 15.1. The molecule has 2 aromatic carbocycles. The third-order valence-electron chi connectivity index (χ3n) is 5.53. The molecule has 2 aliphatic heterocycles. The van der Waals surface area contributed by atoms with Gasteiger partial charge in [-0.2, -0.15) is 0 Å². The highest BCUT2D eigenvalue weighted by Gasteiger charge is 2.45. The Morgan fingerprint density at radius 2 is 1.63 bits per heavy atom. The first-order chi connectivity index (χ1) is 13.1. The van der Waals surface area contributed by atoms with Gasteiger partial charge in [-0.25, -0.2) is 4.79 Å². The van der Waals surface area contributed by atoms with Gasteiger partial charge in [-0.05, 0) is 42.5 Å². The number of hydrogen-bond acceptors (Lipinski definition) is 3. The largest absolute Gasteiger partial charge is 0.478 e. The van der Waals surface area contributed by atoms with Crippen LogP contribution in [-0.2, 0) is 22.6 Å². The van der Waals surface area contributed by atoms with Gasteiger partial charge in [-0.15, -0.1) is 0 Å². The smallest absolute Gasteiger partial charge is 0.335 e. The van der Waals surface area contributed by atoms with Crippen molar-refractivity contribution in [3.8, 4) is 0 Å². The van der Waals surface area contributed by atoms with E-state index in [-0.39, 0.29) is 29.6 Å². The van der Waals surface area contributed by atoms with Crippen LogP contribution in [-0.4, -0.2) is 34.1 Å². The Bertz CT molecular complexity index is 818. The van der Waals surface area contributed by atoms with Gasteiger partial charge in [0.25, 0.3) is 0 Å². The maximum Gasteiger partial charge on any atom is 0.335 e. The summed E-state index contributed by atoms with van der Waals surface area (Å²) in [7, 11) is 0. The van der Waals surface area contributed by atoms with Gasteiger partial charge in [0.2, 0.25) is 5.91 Å². The Hall–Kier alpha value is -2.66. The summed E-state index contributed by atoms with van der Waals surface area (Å²) in [6.45, 7) is 0.996. The van der Waals surface area contributed by atoms with E-state index in [1.807, 2.05) is 35.2 Å². The van der Waals surface area contributed by atoms with Crippen molar-refractivity contribution in [3.05, 3.63) is 71.3 Å². The number of hydrogen-bond donors (Lipinski definition) is 1. The Morgan fingerprint density at radius 1 is 0.963 bits per heavy atom. The monoisotopic (exact) mass is 365 g/mol. The fraction of sp³-hybridized carbons (Fsp3) is 0.364. The maximum atomic E-state index is 13.3. The van der Waals surface area contributed by atoms with Crippen molar-refractivity contribution in [3.63, 3.8) is 0 Å². The van der Waals surface area contributed by atoms with Crippen molar-refractivity contribution in [1.82, 2.24) is 4.90 Å². The number of benzene rings is 2. The molecule has 2 aromatic rings. The molecule has 0 unspecified atom stereocenters. The summed E-state index contributed by atoms with van der Waals surface area (Å²) in [5, 5.41) is 9.07. The summed E-state index contributed by atoms with van der Waals surface area (Å²) in [6, 6.07) is 16.7. The van der Waals surface area contributed by atoms with Crippen LogP contribution >= 0.6 is 0 Å². The molecular weight excluding hydrogens is 342 g/mol. The van der Waals surface area contributed by atoms with Crippen molar-refractivity contribution in [2.24, 2.45) is 5.92 Å². The average molecular weight is 365 g/mol. The minimum atomic E-state index is -0.946. The molecule has 4 rings (SSSR count). The Morgan fingerprint density at radius 3 is 2.19 bits per heavy atom. The number of amides is 1. The second-order valence-electron chi connectivity index (χ2n) is 7.40. The predicted molar refractivity (Wildman–Crippen MR) is 100 cm³/mol. The SMILES string of the molecule is O=C(O)c1ccc(CN(Cc2ccccc2)C(=O)[C@@H]2C[C@H]3CC[C@@H]2O3)cc1. The van der Waals surface area contributed by atoms with Gasteiger partial charge in [0.15, 0.2) is 0 Å². The number of nitrogens with zero attached hydrogens (tertiary/aromatic N) is 1. The lowest BCUT2D eigenvalue weighted by Gasteiger charge is -2.28. The molecular formula is C22H23NO4. The zero-order valence-electron chi connectivity index (χ0n) is 15.1. The van der Waals surface area contributed by atoms with Crippen molar-refractivity contribution in [1.29, 1.82) is 0 Å². The maximum absolute atomic E-state index is 13.3. The molecule has 2 fully saturated rings. The highest BCUT2D eigenvalue weighted by atomic mass is 16.5. The van der Waals surface area contributed by atoms with Crippen molar-refractivity contribution < 1.29 is 19.4 Å². The van der Waals surface area contributed by atoms with Crippen LogP contribution in [0.4, 0.5) is 0 Å². The molecule has 0 radical (unpaired) electrons. The van der Waals surface area contributed by atoms with E-state index in [1.165, 1.54) is 0 Å². The summed E-state index contributed by atoms with van der Waals surface area (Å²) in [5.41, 5.74) is 2.26. The van der Waals surface area contributed by atoms with E-state index in [0.717, 1.165) is 30.4 Å². The van der Waals surface area contributed by atoms with Crippen molar-refractivity contribution in [2.75, 3.05) is 0 Å². The average Bonchev–Trinajstić information content (AvgIpc) is 3.32. The lowest BCUT2D eigenvalue weighted by atomic mass is 9.88. The normalized spacial score (nSPS) is 23.3. The molecule has 3 atom stereocenters. The van der Waals surface area contributed by atoms with Crippen LogP contribution in [0.3, 0.4) is 0 Å². The number of ether oxygens (including phenoxy) is 1. The third-order valence-corrected chi connectivity index (χ3v) is 5.53. The molecule has 2 aliphatic rings. The summed E-state index contributed by atoms with van der Waals surface area (Å²) in [4.78, 5) is 26.2. The Balaban J connectivity index is 1.53. The summed E-state index contributed by atoms with van der Waals surface area (Å²) in [5.74, 6) is -0.878. The molecule has 2 heterocycles. The van der Waals surface area contributed by atoms with Gasteiger partial charge < -0.3 is 14.7 Å². The zero-order chi connectivity index (χ0) is 18.8. The van der Waals surface area contributed by atoms with Crippen LogP contribution in [0, 0.1) is 5.92 Å². The van der Waals surface area contributed by atoms with Gasteiger partial charge in [0.1, 0.15) is 0 Å². The standard InChI is InChI=1S/C22H23NO4/c24-21(19-12-18-10-11-20(19)27-18)23(13-15-4-2-1-3-5-15)14-16-6-8-17(9-7-16)22(25)26/h1-9,18-20H,10-14H2,(H,25,26)/t18-,19-,20+/m1/s1. The van der Waals surface area contributed by atoms with Gasteiger partial charge in [-0.3, -0.25) is 4.79 Å². The van der Waals surface area contributed by atoms with E-state index < -0.39 is 5.97 Å². The van der Waals surface area contributed by atoms with Gasteiger partial charge >= 0.3 is 5.97 Å². The van der Waals surface area contributed by atoms with Gasteiger partial charge in [0.05, 0.1) is 23.7 Å². The molecule has 1 amide bonds. The Labute approximate surface area is 158 Å². The summed E-state index contributed by atoms with van der Waals surface area (Å²) in [6.07, 6.45) is 3.12. The lowest BCUT2D eigenvalue weighted by molar-refractivity contribution is -0.138. The number of carbonyl (C=O) groups is 2.